The Hall–Kier alpha value is -1.04. The number of hydrogen-bond acceptors (Lipinski definition) is 2. The van der Waals surface area contributed by atoms with Crippen molar-refractivity contribution in [3.05, 3.63) is 0 Å². The number of nitrogens with one attached hydrogen (secondary N) is 1. The minimum atomic E-state index is -0.689. The molecule has 17 heavy (non-hydrogen) atoms. The SMILES string of the molecule is CC1(CNC(=O)C2(C#N)CCC2)CCCCC1. The maximum atomic E-state index is 12.0. The van der Waals surface area contributed by atoms with Crippen LogP contribution in [-0.4, -0.2) is 12.5 Å². The molecule has 0 aromatic heterocycles. The lowest BCUT2D eigenvalue weighted by atomic mass is 9.69. The first-order valence-corrected chi connectivity index (χ1v) is 6.80. The van der Waals surface area contributed by atoms with E-state index in [1.807, 2.05) is 0 Å². The maximum absolute atomic E-state index is 12.0. The molecule has 0 unspecified atom stereocenters. The van der Waals surface area contributed by atoms with Crippen LogP contribution in [0.15, 0.2) is 0 Å². The fourth-order valence-corrected chi connectivity index (χ4v) is 2.96. The van der Waals surface area contributed by atoms with E-state index in [0.717, 1.165) is 25.8 Å². The van der Waals surface area contributed by atoms with Crippen LogP contribution in [0.4, 0.5) is 0 Å². The molecule has 0 bridgehead atoms. The number of carbonyl (C=O) groups excluding carboxylic acids is 1. The van der Waals surface area contributed by atoms with Crippen LogP contribution in [0.2, 0.25) is 0 Å². The fraction of sp³-hybridized carbons (Fsp3) is 0.857. The lowest BCUT2D eigenvalue weighted by Gasteiger charge is -2.37. The zero-order valence-corrected chi connectivity index (χ0v) is 10.7. The summed E-state index contributed by atoms with van der Waals surface area (Å²) in [5.74, 6) is -0.0296. The highest BCUT2D eigenvalue weighted by Crippen LogP contribution is 2.41. The predicted molar refractivity (Wildman–Crippen MR) is 66.1 cm³/mol. The molecule has 3 heteroatoms. The molecule has 2 fully saturated rings. The minimum Gasteiger partial charge on any atom is -0.354 e. The van der Waals surface area contributed by atoms with E-state index in [1.165, 1.54) is 32.1 Å². The van der Waals surface area contributed by atoms with Gasteiger partial charge in [0, 0.05) is 6.54 Å². The molecular formula is C14H22N2O. The zero-order chi connectivity index (χ0) is 12.4. The fourth-order valence-electron chi connectivity index (χ4n) is 2.96. The number of carbonyl (C=O) groups is 1. The van der Waals surface area contributed by atoms with Crippen molar-refractivity contribution in [2.45, 2.75) is 58.3 Å². The molecule has 0 aliphatic heterocycles. The van der Waals surface area contributed by atoms with Crippen LogP contribution in [0, 0.1) is 22.2 Å². The van der Waals surface area contributed by atoms with E-state index in [0.29, 0.717) is 0 Å². The van der Waals surface area contributed by atoms with E-state index in [2.05, 4.69) is 18.3 Å². The Bertz CT molecular complexity index is 333. The van der Waals surface area contributed by atoms with Gasteiger partial charge in [-0.25, -0.2) is 0 Å². The highest BCUT2D eigenvalue weighted by Gasteiger charge is 2.45. The average molecular weight is 234 g/mol. The second-order valence-electron chi connectivity index (χ2n) is 6.10. The molecular weight excluding hydrogens is 212 g/mol. The van der Waals surface area contributed by atoms with E-state index in [1.54, 1.807) is 0 Å². The Morgan fingerprint density at radius 3 is 2.29 bits per heavy atom. The van der Waals surface area contributed by atoms with Gasteiger partial charge in [0.15, 0.2) is 0 Å². The maximum Gasteiger partial charge on any atom is 0.240 e. The van der Waals surface area contributed by atoms with Gasteiger partial charge in [-0.2, -0.15) is 5.26 Å². The number of nitriles is 1. The topological polar surface area (TPSA) is 52.9 Å². The van der Waals surface area contributed by atoms with Crippen molar-refractivity contribution >= 4 is 5.91 Å². The second-order valence-corrected chi connectivity index (χ2v) is 6.10. The third-order valence-electron chi connectivity index (χ3n) is 4.59. The molecule has 0 heterocycles. The first-order valence-electron chi connectivity index (χ1n) is 6.80. The van der Waals surface area contributed by atoms with Gasteiger partial charge in [0.25, 0.3) is 0 Å². The molecule has 0 spiro atoms. The Labute approximate surface area is 104 Å². The molecule has 1 amide bonds. The first kappa shape index (κ1) is 12.4. The molecule has 94 valence electrons. The quantitative estimate of drug-likeness (QED) is 0.816. The summed E-state index contributed by atoms with van der Waals surface area (Å²) in [4.78, 5) is 12.0. The highest BCUT2D eigenvalue weighted by molar-refractivity contribution is 5.86. The summed E-state index contributed by atoms with van der Waals surface area (Å²) in [6, 6.07) is 2.20. The normalized spacial score (nSPS) is 25.4. The molecule has 0 aromatic carbocycles. The standard InChI is InChI=1S/C14H22N2O/c1-13(6-3-2-4-7-13)11-16-12(17)14(10-15)8-5-9-14/h2-9,11H2,1H3,(H,16,17). The number of rotatable bonds is 3. The van der Waals surface area contributed by atoms with Crippen molar-refractivity contribution in [1.82, 2.24) is 5.32 Å². The Morgan fingerprint density at radius 2 is 1.82 bits per heavy atom. The van der Waals surface area contributed by atoms with Crippen LogP contribution in [0.25, 0.3) is 0 Å². The summed E-state index contributed by atoms with van der Waals surface area (Å²) in [6.07, 6.45) is 8.77. The van der Waals surface area contributed by atoms with Crippen molar-refractivity contribution < 1.29 is 4.79 Å². The Balaban J connectivity index is 1.85. The molecule has 1 N–H and O–H groups in total. The molecule has 2 saturated carbocycles. The van der Waals surface area contributed by atoms with Gasteiger partial charge in [-0.3, -0.25) is 4.79 Å². The van der Waals surface area contributed by atoms with Crippen LogP contribution < -0.4 is 5.32 Å². The molecule has 3 nitrogen and oxygen atoms in total. The van der Waals surface area contributed by atoms with E-state index in [9.17, 15) is 4.79 Å². The van der Waals surface area contributed by atoms with Gasteiger partial charge >= 0.3 is 0 Å². The predicted octanol–water partition coefficient (Wildman–Crippen LogP) is 2.77. The van der Waals surface area contributed by atoms with E-state index < -0.39 is 5.41 Å². The van der Waals surface area contributed by atoms with Crippen LogP contribution in [-0.2, 0) is 4.79 Å². The van der Waals surface area contributed by atoms with Gasteiger partial charge in [-0.05, 0) is 37.5 Å². The van der Waals surface area contributed by atoms with Gasteiger partial charge in [-0.15, -0.1) is 0 Å². The summed E-state index contributed by atoms with van der Waals surface area (Å²) in [6.45, 7) is 3.00. The van der Waals surface area contributed by atoms with E-state index >= 15 is 0 Å². The van der Waals surface area contributed by atoms with Crippen molar-refractivity contribution in [3.63, 3.8) is 0 Å². The van der Waals surface area contributed by atoms with Crippen molar-refractivity contribution in [3.8, 4) is 6.07 Å². The van der Waals surface area contributed by atoms with Gasteiger partial charge < -0.3 is 5.32 Å². The van der Waals surface area contributed by atoms with E-state index in [-0.39, 0.29) is 11.3 Å². The zero-order valence-electron chi connectivity index (χ0n) is 10.7. The minimum absolute atomic E-state index is 0.0296. The van der Waals surface area contributed by atoms with Crippen LogP contribution >= 0.6 is 0 Å². The van der Waals surface area contributed by atoms with Gasteiger partial charge in [0.2, 0.25) is 5.91 Å². The van der Waals surface area contributed by atoms with Crippen molar-refractivity contribution in [2.75, 3.05) is 6.54 Å². The smallest absolute Gasteiger partial charge is 0.240 e. The van der Waals surface area contributed by atoms with Gasteiger partial charge in [0.05, 0.1) is 6.07 Å². The Morgan fingerprint density at radius 1 is 1.18 bits per heavy atom. The molecule has 0 radical (unpaired) electrons. The lowest BCUT2D eigenvalue weighted by Crippen LogP contribution is -2.47. The van der Waals surface area contributed by atoms with Crippen molar-refractivity contribution in [2.24, 2.45) is 10.8 Å². The molecule has 2 rings (SSSR count). The number of nitrogens with zero attached hydrogens (tertiary/aromatic N) is 1. The van der Waals surface area contributed by atoms with Gasteiger partial charge in [-0.1, -0.05) is 26.2 Å². The summed E-state index contributed by atoms with van der Waals surface area (Å²) in [7, 11) is 0. The molecule has 0 saturated heterocycles. The van der Waals surface area contributed by atoms with Crippen LogP contribution in [0.3, 0.4) is 0 Å². The lowest BCUT2D eigenvalue weighted by molar-refractivity contribution is -0.132. The van der Waals surface area contributed by atoms with Crippen LogP contribution in [0.5, 0.6) is 0 Å². The van der Waals surface area contributed by atoms with E-state index in [4.69, 9.17) is 5.26 Å². The molecule has 2 aliphatic carbocycles. The summed E-state index contributed by atoms with van der Waals surface area (Å²) in [5, 5.41) is 12.1. The third-order valence-corrected chi connectivity index (χ3v) is 4.59. The molecule has 2 aliphatic rings. The Kier molecular flexibility index (Phi) is 3.42. The van der Waals surface area contributed by atoms with Crippen molar-refractivity contribution in [1.29, 1.82) is 5.26 Å². The summed E-state index contributed by atoms with van der Waals surface area (Å²) >= 11 is 0. The largest absolute Gasteiger partial charge is 0.354 e. The van der Waals surface area contributed by atoms with Gasteiger partial charge in [0.1, 0.15) is 5.41 Å². The molecule has 0 aromatic rings. The highest BCUT2D eigenvalue weighted by atomic mass is 16.2. The second kappa shape index (κ2) is 4.68. The monoisotopic (exact) mass is 234 g/mol. The average Bonchev–Trinajstić information content (AvgIpc) is 2.27. The summed E-state index contributed by atoms with van der Waals surface area (Å²) in [5.41, 5.74) is -0.431. The van der Waals surface area contributed by atoms with Crippen LogP contribution in [0.1, 0.15) is 58.3 Å². The third kappa shape index (κ3) is 2.46. The number of amides is 1. The number of hydrogen-bond donors (Lipinski definition) is 1. The molecule has 0 atom stereocenters. The summed E-state index contributed by atoms with van der Waals surface area (Å²) < 4.78 is 0. The first-order chi connectivity index (χ1) is 8.10.